The Labute approximate surface area is 284 Å². The summed E-state index contributed by atoms with van der Waals surface area (Å²) >= 11 is 0. The second kappa shape index (κ2) is 12.2. The molecule has 14 heteroatoms. The van der Waals surface area contributed by atoms with E-state index in [0.717, 1.165) is 4.57 Å². The normalized spacial score (nSPS) is 18.3. The van der Waals surface area contributed by atoms with Gasteiger partial charge in [0.2, 0.25) is 0 Å². The van der Waals surface area contributed by atoms with Crippen molar-refractivity contribution in [3.8, 4) is 23.0 Å². The van der Waals surface area contributed by atoms with Crippen LogP contribution in [-0.2, 0) is 36.1 Å². The van der Waals surface area contributed by atoms with Gasteiger partial charge in [-0.05, 0) is 31.6 Å². The van der Waals surface area contributed by atoms with Crippen molar-refractivity contribution < 1.29 is 28.9 Å². The molecule has 0 amide bonds. The molecule has 0 saturated heterocycles. The molecule has 258 valence electrons. The Morgan fingerprint density at radius 1 is 1.00 bits per heavy atom. The van der Waals surface area contributed by atoms with Gasteiger partial charge in [0.1, 0.15) is 5.69 Å². The average Bonchev–Trinajstić information content (AvgIpc) is 3.36. The molecule has 2 aromatic heterocycles. The number of carbonyl (C=O) groups is 2. The molecule has 0 unspecified atom stereocenters. The lowest BCUT2D eigenvalue weighted by molar-refractivity contribution is -0.116. The number of allylic oxidation sites excluding steroid dienone is 6. The molecule has 50 heavy (non-hydrogen) atoms. The van der Waals surface area contributed by atoms with E-state index in [-0.39, 0.29) is 71.4 Å². The summed E-state index contributed by atoms with van der Waals surface area (Å²) in [6.07, 6.45) is 3.06. The van der Waals surface area contributed by atoms with Crippen LogP contribution in [0.25, 0.3) is 11.0 Å². The molecule has 0 spiro atoms. The second-order valence-corrected chi connectivity index (χ2v) is 12.4. The lowest BCUT2D eigenvalue weighted by Gasteiger charge is -2.39. The Morgan fingerprint density at radius 3 is 2.46 bits per heavy atom. The third-order valence-electron chi connectivity index (χ3n) is 9.77. The SMILES string of the molecule is CCOc1cccc([C@H]2C3=CCn4c(=O)n(CCc5nc6cc(OC)c(OC)cc6n(C)c5=O)c(=O)n4[C@@H]3CC3=C2C(=O)C=C(C)C3=O)c1O. The molecule has 14 nitrogen and oxygen atoms in total. The molecular weight excluding hydrogens is 646 g/mol. The number of aryl methyl sites for hydroxylation is 2. The molecule has 2 atom stereocenters. The van der Waals surface area contributed by atoms with E-state index in [1.54, 1.807) is 57.3 Å². The van der Waals surface area contributed by atoms with Gasteiger partial charge in [-0.3, -0.25) is 14.4 Å². The first-order chi connectivity index (χ1) is 24.0. The summed E-state index contributed by atoms with van der Waals surface area (Å²) in [6.45, 7) is 3.50. The number of aromatic nitrogens is 5. The van der Waals surface area contributed by atoms with Gasteiger partial charge in [0.05, 0.1) is 44.4 Å². The first-order valence-electron chi connectivity index (χ1n) is 16.2. The first-order valence-corrected chi connectivity index (χ1v) is 16.2. The highest BCUT2D eigenvalue weighted by Gasteiger charge is 2.45. The Hall–Kier alpha value is -5.92. The highest BCUT2D eigenvalue weighted by Crippen LogP contribution is 2.52. The number of rotatable bonds is 8. The molecule has 2 aromatic carbocycles. The minimum absolute atomic E-state index is 0.000755. The topological polar surface area (TPSA) is 166 Å². The summed E-state index contributed by atoms with van der Waals surface area (Å²) in [5.74, 6) is -0.636. The fraction of sp³-hybridized carbons (Fsp3) is 0.333. The summed E-state index contributed by atoms with van der Waals surface area (Å²) in [5, 5.41) is 11.3. The molecule has 2 aliphatic carbocycles. The van der Waals surface area contributed by atoms with Gasteiger partial charge in [-0.15, -0.1) is 0 Å². The number of para-hydroxylation sites is 1. The molecule has 0 radical (unpaired) electrons. The van der Waals surface area contributed by atoms with Gasteiger partial charge >= 0.3 is 11.4 Å². The number of ketones is 2. The van der Waals surface area contributed by atoms with Crippen LogP contribution >= 0.6 is 0 Å². The Balaban J connectivity index is 1.30. The number of carbonyl (C=O) groups excluding carboxylic acids is 2. The van der Waals surface area contributed by atoms with E-state index in [0.29, 0.717) is 40.3 Å². The van der Waals surface area contributed by atoms with Crippen molar-refractivity contribution in [3.63, 3.8) is 0 Å². The lowest BCUT2D eigenvalue weighted by Crippen LogP contribution is -2.40. The number of hydrogen-bond donors (Lipinski definition) is 1. The van der Waals surface area contributed by atoms with Gasteiger partial charge < -0.3 is 23.9 Å². The number of phenolic OH excluding ortho intramolecular Hbond substituents is 1. The number of fused-ring (bicyclic) bond motifs is 4. The molecule has 7 rings (SSSR count). The van der Waals surface area contributed by atoms with Gasteiger partial charge in [0, 0.05) is 66.8 Å². The van der Waals surface area contributed by atoms with Crippen molar-refractivity contribution in [1.29, 1.82) is 0 Å². The number of nitrogens with zero attached hydrogens (tertiary/aromatic N) is 5. The van der Waals surface area contributed by atoms with Crippen LogP contribution in [0.3, 0.4) is 0 Å². The smallest absolute Gasteiger partial charge is 0.347 e. The second-order valence-electron chi connectivity index (χ2n) is 12.4. The largest absolute Gasteiger partial charge is 0.504 e. The van der Waals surface area contributed by atoms with Crippen LogP contribution in [0.15, 0.2) is 79.2 Å². The summed E-state index contributed by atoms with van der Waals surface area (Å²) in [6, 6.07) is 7.47. The highest BCUT2D eigenvalue weighted by atomic mass is 16.5. The van der Waals surface area contributed by atoms with Crippen LogP contribution < -0.4 is 31.1 Å². The maximum absolute atomic E-state index is 14.1. The zero-order valence-corrected chi connectivity index (χ0v) is 28.2. The molecule has 0 saturated carbocycles. The van der Waals surface area contributed by atoms with Crippen LogP contribution in [0.2, 0.25) is 0 Å². The minimum atomic E-state index is -0.871. The summed E-state index contributed by atoms with van der Waals surface area (Å²) < 4.78 is 21.5. The fourth-order valence-corrected chi connectivity index (χ4v) is 7.38. The van der Waals surface area contributed by atoms with Crippen LogP contribution in [0.1, 0.15) is 43.5 Å². The van der Waals surface area contributed by atoms with Gasteiger partial charge in [-0.25, -0.2) is 28.5 Å². The van der Waals surface area contributed by atoms with Crippen molar-refractivity contribution in [2.45, 2.75) is 51.7 Å². The van der Waals surface area contributed by atoms with Gasteiger partial charge in [-0.1, -0.05) is 18.2 Å². The van der Waals surface area contributed by atoms with Crippen molar-refractivity contribution >= 4 is 22.6 Å². The van der Waals surface area contributed by atoms with Crippen molar-refractivity contribution in [3.05, 3.63) is 107 Å². The fourth-order valence-electron chi connectivity index (χ4n) is 7.38. The van der Waals surface area contributed by atoms with E-state index in [2.05, 4.69) is 4.98 Å². The number of ether oxygens (including phenoxy) is 3. The van der Waals surface area contributed by atoms with Crippen LogP contribution in [0.4, 0.5) is 0 Å². The molecule has 3 heterocycles. The Bertz CT molecular complexity index is 2420. The van der Waals surface area contributed by atoms with E-state index in [1.807, 2.05) is 0 Å². The van der Waals surface area contributed by atoms with Crippen molar-refractivity contribution in [2.75, 3.05) is 20.8 Å². The van der Waals surface area contributed by atoms with E-state index in [9.17, 15) is 29.1 Å². The van der Waals surface area contributed by atoms with E-state index in [1.165, 1.54) is 34.2 Å². The maximum Gasteiger partial charge on any atom is 0.347 e. The third-order valence-corrected chi connectivity index (χ3v) is 9.77. The predicted molar refractivity (Wildman–Crippen MR) is 181 cm³/mol. The van der Waals surface area contributed by atoms with Crippen molar-refractivity contribution in [2.24, 2.45) is 7.05 Å². The Morgan fingerprint density at radius 2 is 1.74 bits per heavy atom. The minimum Gasteiger partial charge on any atom is -0.504 e. The average molecular weight is 682 g/mol. The summed E-state index contributed by atoms with van der Waals surface area (Å²) in [7, 11) is 4.59. The van der Waals surface area contributed by atoms with Gasteiger partial charge in [-0.2, -0.15) is 0 Å². The monoisotopic (exact) mass is 681 g/mol. The molecule has 0 fully saturated rings. The summed E-state index contributed by atoms with van der Waals surface area (Å²) in [4.78, 5) is 72.9. The predicted octanol–water partition coefficient (Wildman–Crippen LogP) is 2.49. The molecule has 1 aliphatic heterocycles. The zero-order chi connectivity index (χ0) is 35.6. The first kappa shape index (κ1) is 32.6. The summed E-state index contributed by atoms with van der Waals surface area (Å²) in [5.41, 5.74) is 1.23. The van der Waals surface area contributed by atoms with E-state index in [4.69, 9.17) is 14.2 Å². The Kier molecular flexibility index (Phi) is 7.96. The standard InChI is InChI=1S/C36H35N5O9/c1-6-50-27-9-7-8-20(33(27)44)30-19-10-13-40-35(46)39(36(47)41(40)24(19)15-21-31(30)26(42)14-18(2)32(21)43)12-11-22-34(45)38(3)25-17-29(49-5)28(48-4)16-23(25)37-22/h7-10,14,16-17,24,30,44H,6,11-13,15H2,1-5H3/t24-,30-/m1/s1. The number of methoxy groups -OCH3 is 2. The molecule has 4 aromatic rings. The number of aromatic hydroxyl groups is 1. The molecular formula is C36H35N5O9. The van der Waals surface area contributed by atoms with E-state index >= 15 is 0 Å². The van der Waals surface area contributed by atoms with Crippen LogP contribution in [-0.4, -0.2) is 61.0 Å². The molecule has 3 aliphatic rings. The van der Waals surface area contributed by atoms with Gasteiger partial charge in [0.25, 0.3) is 5.56 Å². The number of phenols is 1. The maximum atomic E-state index is 14.1. The van der Waals surface area contributed by atoms with E-state index < -0.39 is 28.9 Å². The van der Waals surface area contributed by atoms with Crippen LogP contribution in [0, 0.1) is 0 Å². The van der Waals surface area contributed by atoms with Crippen molar-refractivity contribution in [1.82, 2.24) is 23.5 Å². The zero-order valence-electron chi connectivity index (χ0n) is 28.2. The third kappa shape index (κ3) is 4.84. The molecule has 1 N–H and O–H groups in total. The van der Waals surface area contributed by atoms with Crippen LogP contribution in [0.5, 0.6) is 23.0 Å². The number of benzene rings is 2. The quantitative estimate of drug-likeness (QED) is 0.216. The van der Waals surface area contributed by atoms with Gasteiger partial charge in [0.15, 0.2) is 34.6 Å². The number of hydrogen-bond acceptors (Lipinski definition) is 10. The highest BCUT2D eigenvalue weighted by molar-refractivity contribution is 6.23. The lowest BCUT2D eigenvalue weighted by atomic mass is 9.67. The molecule has 0 bridgehead atoms. The number of Topliss-reactive ketones (excluding diaryl/α,β-unsaturated/α-hetero) is 1.